The van der Waals surface area contributed by atoms with E-state index in [1.807, 2.05) is 17.9 Å². The van der Waals surface area contributed by atoms with E-state index in [9.17, 15) is 4.79 Å². The van der Waals surface area contributed by atoms with E-state index in [4.69, 9.17) is 4.74 Å². The molecule has 1 amide bonds. The monoisotopic (exact) mass is 272 g/mol. The Morgan fingerprint density at radius 2 is 2.10 bits per heavy atom. The van der Waals surface area contributed by atoms with Crippen LogP contribution in [0.15, 0.2) is 30.3 Å². The molecule has 0 radical (unpaired) electrons. The zero-order chi connectivity index (χ0) is 13.9. The van der Waals surface area contributed by atoms with Crippen molar-refractivity contribution in [3.8, 4) is 0 Å². The van der Waals surface area contributed by atoms with E-state index < -0.39 is 0 Å². The first-order chi connectivity index (χ1) is 9.78. The van der Waals surface area contributed by atoms with Gasteiger partial charge < -0.3 is 14.6 Å². The van der Waals surface area contributed by atoms with Gasteiger partial charge in [0.05, 0.1) is 6.61 Å². The van der Waals surface area contributed by atoms with Crippen molar-refractivity contribution in [2.45, 2.75) is 25.7 Å². The van der Waals surface area contributed by atoms with Gasteiger partial charge >= 0.3 is 6.09 Å². The standard InChI is InChI=1S/C16H20N2O2/c1-2-20-16(19)18-9-7-12(8-10-18)15-11-13-5-3-4-6-14(13)17-15/h3-6,11-12,17H,2,7-10H2,1H3. The first kappa shape index (κ1) is 13.0. The van der Waals surface area contributed by atoms with E-state index in [2.05, 4.69) is 29.2 Å². The van der Waals surface area contributed by atoms with E-state index in [-0.39, 0.29) is 6.09 Å². The maximum absolute atomic E-state index is 11.7. The smallest absolute Gasteiger partial charge is 0.409 e. The minimum atomic E-state index is -0.178. The van der Waals surface area contributed by atoms with Gasteiger partial charge in [-0.3, -0.25) is 0 Å². The molecule has 2 aromatic rings. The maximum atomic E-state index is 11.7. The first-order valence-corrected chi connectivity index (χ1v) is 7.27. The van der Waals surface area contributed by atoms with Gasteiger partial charge in [-0.2, -0.15) is 0 Å². The molecule has 3 rings (SSSR count). The van der Waals surface area contributed by atoms with Gasteiger partial charge in [0, 0.05) is 30.2 Å². The van der Waals surface area contributed by atoms with Crippen LogP contribution in [0.1, 0.15) is 31.4 Å². The number of hydrogen-bond donors (Lipinski definition) is 1. The van der Waals surface area contributed by atoms with E-state index in [1.165, 1.54) is 16.6 Å². The third-order valence-electron chi connectivity index (χ3n) is 4.01. The number of fused-ring (bicyclic) bond motifs is 1. The van der Waals surface area contributed by atoms with Crippen LogP contribution in [0.4, 0.5) is 4.79 Å². The minimum absolute atomic E-state index is 0.178. The van der Waals surface area contributed by atoms with Crippen LogP contribution in [-0.4, -0.2) is 35.7 Å². The molecular formula is C16H20N2O2. The molecule has 1 aliphatic rings. The fraction of sp³-hybridized carbons (Fsp3) is 0.438. The summed E-state index contributed by atoms with van der Waals surface area (Å²) in [6.45, 7) is 3.84. The number of nitrogens with zero attached hydrogens (tertiary/aromatic N) is 1. The van der Waals surface area contributed by atoms with Crippen molar-refractivity contribution < 1.29 is 9.53 Å². The Labute approximate surface area is 118 Å². The Bertz CT molecular complexity index is 564. The molecule has 0 spiro atoms. The number of ether oxygens (including phenoxy) is 1. The van der Waals surface area contributed by atoms with Crippen LogP contribution < -0.4 is 0 Å². The van der Waals surface area contributed by atoms with E-state index in [0.29, 0.717) is 12.5 Å². The van der Waals surface area contributed by atoms with Gasteiger partial charge in [-0.15, -0.1) is 0 Å². The predicted octanol–water partition coefficient (Wildman–Crippen LogP) is 3.50. The summed E-state index contributed by atoms with van der Waals surface area (Å²) in [7, 11) is 0. The van der Waals surface area contributed by atoms with Crippen molar-refractivity contribution in [1.82, 2.24) is 9.88 Å². The average Bonchev–Trinajstić information content (AvgIpc) is 2.91. The van der Waals surface area contributed by atoms with Gasteiger partial charge in [0.2, 0.25) is 0 Å². The second-order valence-corrected chi connectivity index (χ2v) is 5.27. The van der Waals surface area contributed by atoms with Crippen molar-refractivity contribution in [3.63, 3.8) is 0 Å². The summed E-state index contributed by atoms with van der Waals surface area (Å²) in [6.07, 6.45) is 1.81. The predicted molar refractivity (Wildman–Crippen MR) is 78.9 cm³/mol. The molecule has 20 heavy (non-hydrogen) atoms. The van der Waals surface area contributed by atoms with Crippen molar-refractivity contribution in [2.24, 2.45) is 0 Å². The number of aromatic nitrogens is 1. The highest BCUT2D eigenvalue weighted by molar-refractivity contribution is 5.80. The summed E-state index contributed by atoms with van der Waals surface area (Å²) in [5.41, 5.74) is 2.48. The first-order valence-electron chi connectivity index (χ1n) is 7.27. The maximum Gasteiger partial charge on any atom is 0.409 e. The molecule has 0 aliphatic carbocycles. The zero-order valence-corrected chi connectivity index (χ0v) is 11.8. The molecule has 0 unspecified atom stereocenters. The number of piperidine rings is 1. The summed E-state index contributed by atoms with van der Waals surface area (Å²) in [6, 6.07) is 10.6. The molecule has 1 aliphatic heterocycles. The van der Waals surface area contributed by atoms with Crippen LogP contribution in [0.3, 0.4) is 0 Å². The van der Waals surface area contributed by atoms with Gasteiger partial charge in [-0.1, -0.05) is 18.2 Å². The molecule has 0 saturated carbocycles. The highest BCUT2D eigenvalue weighted by Gasteiger charge is 2.25. The summed E-state index contributed by atoms with van der Waals surface area (Å²) in [4.78, 5) is 17.0. The topological polar surface area (TPSA) is 45.3 Å². The number of benzene rings is 1. The molecule has 2 heterocycles. The zero-order valence-electron chi connectivity index (χ0n) is 11.8. The van der Waals surface area contributed by atoms with Gasteiger partial charge in [-0.25, -0.2) is 4.79 Å². The second kappa shape index (κ2) is 5.57. The normalized spacial score (nSPS) is 16.6. The lowest BCUT2D eigenvalue weighted by Crippen LogP contribution is -2.38. The number of hydrogen-bond acceptors (Lipinski definition) is 2. The summed E-state index contributed by atoms with van der Waals surface area (Å²) >= 11 is 0. The van der Waals surface area contributed by atoms with Crippen LogP contribution in [0.2, 0.25) is 0 Å². The molecule has 1 fully saturated rings. The van der Waals surface area contributed by atoms with E-state index in [0.717, 1.165) is 25.9 Å². The molecule has 4 heteroatoms. The Hall–Kier alpha value is -1.97. The molecule has 1 N–H and O–H groups in total. The number of likely N-dealkylation sites (tertiary alicyclic amines) is 1. The summed E-state index contributed by atoms with van der Waals surface area (Å²) in [5, 5.41) is 1.26. The SMILES string of the molecule is CCOC(=O)N1CCC(c2cc3ccccc3[nH]2)CC1. The number of carbonyl (C=O) groups excluding carboxylic acids is 1. The lowest BCUT2D eigenvalue weighted by atomic mass is 9.94. The lowest BCUT2D eigenvalue weighted by molar-refractivity contribution is 0.0969. The van der Waals surface area contributed by atoms with Gasteiger partial charge in [-0.05, 0) is 37.3 Å². The number of para-hydroxylation sites is 1. The Morgan fingerprint density at radius 3 is 2.80 bits per heavy atom. The minimum Gasteiger partial charge on any atom is -0.450 e. The van der Waals surface area contributed by atoms with Crippen molar-refractivity contribution in [1.29, 1.82) is 0 Å². The van der Waals surface area contributed by atoms with Crippen LogP contribution in [0.25, 0.3) is 10.9 Å². The van der Waals surface area contributed by atoms with Crippen LogP contribution in [-0.2, 0) is 4.74 Å². The highest BCUT2D eigenvalue weighted by Crippen LogP contribution is 2.29. The molecule has 4 nitrogen and oxygen atoms in total. The van der Waals surface area contributed by atoms with Gasteiger partial charge in [0.25, 0.3) is 0 Å². The Balaban J connectivity index is 1.67. The number of amides is 1. The number of aromatic amines is 1. The number of rotatable bonds is 2. The Kier molecular flexibility index (Phi) is 3.63. The summed E-state index contributed by atoms with van der Waals surface area (Å²) < 4.78 is 5.05. The molecule has 1 aromatic carbocycles. The molecule has 1 saturated heterocycles. The molecule has 1 aromatic heterocycles. The van der Waals surface area contributed by atoms with Gasteiger partial charge in [0.1, 0.15) is 0 Å². The van der Waals surface area contributed by atoms with Crippen molar-refractivity contribution >= 4 is 17.0 Å². The number of H-pyrrole nitrogens is 1. The molecular weight excluding hydrogens is 252 g/mol. The average molecular weight is 272 g/mol. The fourth-order valence-corrected chi connectivity index (χ4v) is 2.90. The lowest BCUT2D eigenvalue weighted by Gasteiger charge is -2.30. The quantitative estimate of drug-likeness (QED) is 0.909. The van der Waals surface area contributed by atoms with E-state index in [1.54, 1.807) is 0 Å². The number of nitrogens with one attached hydrogen (secondary N) is 1. The molecule has 0 atom stereocenters. The second-order valence-electron chi connectivity index (χ2n) is 5.27. The summed E-state index contributed by atoms with van der Waals surface area (Å²) in [5.74, 6) is 0.507. The highest BCUT2D eigenvalue weighted by atomic mass is 16.6. The fourth-order valence-electron chi connectivity index (χ4n) is 2.90. The third-order valence-corrected chi connectivity index (χ3v) is 4.01. The van der Waals surface area contributed by atoms with Crippen LogP contribution in [0.5, 0.6) is 0 Å². The van der Waals surface area contributed by atoms with Crippen molar-refractivity contribution in [2.75, 3.05) is 19.7 Å². The number of carbonyl (C=O) groups is 1. The van der Waals surface area contributed by atoms with Crippen LogP contribution >= 0.6 is 0 Å². The Morgan fingerprint density at radius 1 is 1.35 bits per heavy atom. The van der Waals surface area contributed by atoms with Crippen LogP contribution in [0, 0.1) is 0 Å². The molecule has 0 bridgehead atoms. The van der Waals surface area contributed by atoms with Crippen molar-refractivity contribution in [3.05, 3.63) is 36.0 Å². The molecule has 106 valence electrons. The van der Waals surface area contributed by atoms with Gasteiger partial charge in [0.15, 0.2) is 0 Å². The van der Waals surface area contributed by atoms with E-state index >= 15 is 0 Å². The third kappa shape index (κ3) is 2.50. The largest absolute Gasteiger partial charge is 0.450 e.